The minimum absolute atomic E-state index is 0.00281. The molecule has 7 nitrogen and oxygen atoms in total. The number of esters is 1. The molecular weight excluding hydrogens is 322 g/mol. The van der Waals surface area contributed by atoms with Gasteiger partial charge in [0.25, 0.3) is 0 Å². The topological polar surface area (TPSA) is 79.0 Å². The zero-order valence-electron chi connectivity index (χ0n) is 15.3. The molecule has 0 spiro atoms. The molecule has 1 unspecified atom stereocenters. The van der Waals surface area contributed by atoms with Crippen molar-refractivity contribution in [1.82, 2.24) is 15.1 Å². The minimum atomic E-state index is -0.612. The fourth-order valence-electron chi connectivity index (χ4n) is 3.31. The van der Waals surface area contributed by atoms with Crippen molar-refractivity contribution in [1.29, 1.82) is 0 Å². The Labute approximate surface area is 150 Å². The van der Waals surface area contributed by atoms with E-state index in [-0.39, 0.29) is 30.7 Å². The van der Waals surface area contributed by atoms with E-state index in [1.807, 2.05) is 16.7 Å². The van der Waals surface area contributed by atoms with E-state index in [1.54, 1.807) is 0 Å². The third-order valence-electron chi connectivity index (χ3n) is 4.86. The highest BCUT2D eigenvalue weighted by Crippen LogP contribution is 2.13. The fraction of sp³-hybridized carbons (Fsp3) is 0.833. The summed E-state index contributed by atoms with van der Waals surface area (Å²) in [7, 11) is 0. The van der Waals surface area contributed by atoms with Gasteiger partial charge in [0, 0.05) is 26.2 Å². The van der Waals surface area contributed by atoms with E-state index in [1.165, 1.54) is 12.8 Å². The van der Waals surface area contributed by atoms with E-state index in [4.69, 9.17) is 4.74 Å². The summed E-state index contributed by atoms with van der Waals surface area (Å²) < 4.78 is 5.18. The zero-order chi connectivity index (χ0) is 18.1. The molecule has 142 valence electrons. The van der Waals surface area contributed by atoms with Crippen molar-refractivity contribution < 1.29 is 19.1 Å². The zero-order valence-corrected chi connectivity index (χ0v) is 15.3. The Bertz CT molecular complexity index is 461. The minimum Gasteiger partial charge on any atom is -0.466 e. The molecule has 2 fully saturated rings. The van der Waals surface area contributed by atoms with Gasteiger partial charge in [0.05, 0.1) is 19.6 Å². The van der Waals surface area contributed by atoms with Crippen LogP contribution < -0.4 is 5.32 Å². The van der Waals surface area contributed by atoms with Crippen LogP contribution in [-0.2, 0) is 19.1 Å². The lowest BCUT2D eigenvalue weighted by atomic mass is 10.1. The number of hydrogen-bond donors (Lipinski definition) is 1. The van der Waals surface area contributed by atoms with Crippen LogP contribution in [0.3, 0.4) is 0 Å². The number of amides is 2. The molecule has 2 aliphatic heterocycles. The van der Waals surface area contributed by atoms with Crippen molar-refractivity contribution in [2.24, 2.45) is 0 Å². The van der Waals surface area contributed by atoms with Crippen LogP contribution in [0.5, 0.6) is 0 Å². The number of ether oxygens (including phenoxy) is 1. The summed E-state index contributed by atoms with van der Waals surface area (Å²) in [6.07, 6.45) is 6.19. The Balaban J connectivity index is 1.90. The van der Waals surface area contributed by atoms with E-state index in [9.17, 15) is 14.4 Å². The first-order chi connectivity index (χ1) is 12.1. The predicted octanol–water partition coefficient (Wildman–Crippen LogP) is 0.923. The standard InChI is InChI=1S/C18H31N3O4/c1-2-3-12-25-17(23)13-15-18(24)19-8-11-21(15)14-16(22)20-9-6-4-5-7-10-20/h15H,2-14H2,1H3,(H,19,24). The molecule has 0 radical (unpaired) electrons. The molecule has 1 N–H and O–H groups in total. The Kier molecular flexibility index (Phi) is 8.18. The molecule has 25 heavy (non-hydrogen) atoms. The smallest absolute Gasteiger partial charge is 0.307 e. The van der Waals surface area contributed by atoms with E-state index in [0.29, 0.717) is 19.7 Å². The van der Waals surface area contributed by atoms with Crippen LogP contribution in [0.4, 0.5) is 0 Å². The highest BCUT2D eigenvalue weighted by atomic mass is 16.5. The molecule has 7 heteroatoms. The summed E-state index contributed by atoms with van der Waals surface area (Å²) in [5.74, 6) is -0.508. The van der Waals surface area contributed by atoms with Crippen LogP contribution in [0.15, 0.2) is 0 Å². The summed E-state index contributed by atoms with van der Waals surface area (Å²) in [6.45, 7) is 5.28. The van der Waals surface area contributed by atoms with E-state index in [2.05, 4.69) is 5.32 Å². The van der Waals surface area contributed by atoms with Crippen molar-refractivity contribution in [2.75, 3.05) is 39.3 Å². The van der Waals surface area contributed by atoms with Crippen molar-refractivity contribution >= 4 is 17.8 Å². The number of carbonyl (C=O) groups is 3. The van der Waals surface area contributed by atoms with Crippen LogP contribution in [0.1, 0.15) is 51.9 Å². The Morgan fingerprint density at radius 1 is 1.16 bits per heavy atom. The summed E-state index contributed by atoms with van der Waals surface area (Å²) in [5, 5.41) is 2.78. The lowest BCUT2D eigenvalue weighted by Crippen LogP contribution is -2.58. The molecule has 0 aromatic rings. The monoisotopic (exact) mass is 353 g/mol. The number of rotatable bonds is 7. The lowest BCUT2D eigenvalue weighted by molar-refractivity contribution is -0.149. The van der Waals surface area contributed by atoms with Gasteiger partial charge in [-0.2, -0.15) is 0 Å². The van der Waals surface area contributed by atoms with Gasteiger partial charge in [0.15, 0.2) is 0 Å². The van der Waals surface area contributed by atoms with Crippen LogP contribution in [0.2, 0.25) is 0 Å². The molecule has 1 atom stereocenters. The van der Waals surface area contributed by atoms with Crippen molar-refractivity contribution in [3.63, 3.8) is 0 Å². The van der Waals surface area contributed by atoms with Crippen LogP contribution >= 0.6 is 0 Å². The highest BCUT2D eigenvalue weighted by molar-refractivity contribution is 5.88. The molecule has 0 bridgehead atoms. The van der Waals surface area contributed by atoms with Gasteiger partial charge in [-0.25, -0.2) is 0 Å². The van der Waals surface area contributed by atoms with Crippen molar-refractivity contribution in [2.45, 2.75) is 57.9 Å². The number of hydrogen-bond acceptors (Lipinski definition) is 5. The number of piperazine rings is 1. The van der Waals surface area contributed by atoms with Gasteiger partial charge >= 0.3 is 5.97 Å². The molecule has 0 saturated carbocycles. The number of nitrogens with one attached hydrogen (secondary N) is 1. The van der Waals surface area contributed by atoms with Gasteiger partial charge in [-0.15, -0.1) is 0 Å². The quantitative estimate of drug-likeness (QED) is 0.544. The van der Waals surface area contributed by atoms with Gasteiger partial charge in [0.1, 0.15) is 6.04 Å². The van der Waals surface area contributed by atoms with E-state index < -0.39 is 6.04 Å². The Morgan fingerprint density at radius 3 is 2.56 bits per heavy atom. The van der Waals surface area contributed by atoms with Crippen LogP contribution in [-0.4, -0.2) is 73.0 Å². The number of carbonyl (C=O) groups excluding carboxylic acids is 3. The third kappa shape index (κ3) is 6.30. The molecule has 2 amide bonds. The molecule has 0 aliphatic carbocycles. The van der Waals surface area contributed by atoms with E-state index >= 15 is 0 Å². The van der Waals surface area contributed by atoms with Gasteiger partial charge in [-0.3, -0.25) is 19.3 Å². The second kappa shape index (κ2) is 10.4. The molecular formula is C18H31N3O4. The molecule has 0 aromatic carbocycles. The normalized spacial score (nSPS) is 22.2. The average molecular weight is 353 g/mol. The third-order valence-corrected chi connectivity index (χ3v) is 4.86. The maximum Gasteiger partial charge on any atom is 0.307 e. The molecule has 2 aliphatic rings. The Morgan fingerprint density at radius 2 is 1.88 bits per heavy atom. The molecule has 2 heterocycles. The highest BCUT2D eigenvalue weighted by Gasteiger charge is 2.34. The van der Waals surface area contributed by atoms with E-state index in [0.717, 1.165) is 38.8 Å². The maximum absolute atomic E-state index is 12.6. The molecule has 2 saturated heterocycles. The molecule has 2 rings (SSSR count). The summed E-state index contributed by atoms with van der Waals surface area (Å²) in [4.78, 5) is 40.5. The van der Waals surface area contributed by atoms with Gasteiger partial charge < -0.3 is 15.0 Å². The van der Waals surface area contributed by atoms with Crippen molar-refractivity contribution in [3.05, 3.63) is 0 Å². The number of likely N-dealkylation sites (tertiary alicyclic amines) is 1. The van der Waals surface area contributed by atoms with Gasteiger partial charge in [0.2, 0.25) is 11.8 Å². The lowest BCUT2D eigenvalue weighted by Gasteiger charge is -2.35. The fourth-order valence-corrected chi connectivity index (χ4v) is 3.31. The first-order valence-corrected chi connectivity index (χ1v) is 9.57. The molecule has 0 aromatic heterocycles. The first kappa shape index (κ1) is 19.7. The van der Waals surface area contributed by atoms with Gasteiger partial charge in [-0.05, 0) is 19.3 Å². The van der Waals surface area contributed by atoms with Crippen molar-refractivity contribution in [3.8, 4) is 0 Å². The average Bonchev–Trinajstić information content (AvgIpc) is 2.87. The summed E-state index contributed by atoms with van der Waals surface area (Å²) >= 11 is 0. The largest absolute Gasteiger partial charge is 0.466 e. The summed E-state index contributed by atoms with van der Waals surface area (Å²) in [6, 6.07) is -0.612. The predicted molar refractivity (Wildman–Crippen MR) is 93.9 cm³/mol. The second-order valence-electron chi connectivity index (χ2n) is 6.85. The first-order valence-electron chi connectivity index (χ1n) is 9.57. The maximum atomic E-state index is 12.6. The van der Waals surface area contributed by atoms with Gasteiger partial charge in [-0.1, -0.05) is 26.2 Å². The Hall–Kier alpha value is -1.63. The second-order valence-corrected chi connectivity index (χ2v) is 6.85. The number of nitrogens with zero attached hydrogens (tertiary/aromatic N) is 2. The van der Waals surface area contributed by atoms with Crippen LogP contribution in [0.25, 0.3) is 0 Å². The summed E-state index contributed by atoms with van der Waals surface area (Å²) in [5.41, 5.74) is 0. The van der Waals surface area contributed by atoms with Crippen LogP contribution in [0, 0.1) is 0 Å². The SMILES string of the molecule is CCCCOC(=O)CC1C(=O)NCCN1CC(=O)N1CCCCCC1. The number of unbranched alkanes of at least 4 members (excludes halogenated alkanes) is 1.